The van der Waals surface area contributed by atoms with Crippen LogP contribution in [0.3, 0.4) is 0 Å². The number of ether oxygens (including phenoxy) is 1. The summed E-state index contributed by atoms with van der Waals surface area (Å²) in [4.78, 5) is 10.4. The molecule has 1 atom stereocenters. The van der Waals surface area contributed by atoms with Crippen LogP contribution in [-0.4, -0.2) is 17.2 Å². The maximum Gasteiger partial charge on any atom is 0.335 e. The SMILES string of the molecule is CC(C#N)OC(=O)/C=C\O. The van der Waals surface area contributed by atoms with E-state index in [0.717, 1.165) is 6.08 Å². The van der Waals surface area contributed by atoms with Gasteiger partial charge in [-0.3, -0.25) is 0 Å². The molecule has 0 spiro atoms. The lowest BCUT2D eigenvalue weighted by Gasteiger charge is -2.00. The molecule has 4 nitrogen and oxygen atoms in total. The van der Waals surface area contributed by atoms with E-state index >= 15 is 0 Å². The van der Waals surface area contributed by atoms with Crippen molar-refractivity contribution in [3.63, 3.8) is 0 Å². The van der Waals surface area contributed by atoms with Crippen molar-refractivity contribution in [2.45, 2.75) is 13.0 Å². The lowest BCUT2D eigenvalue weighted by molar-refractivity contribution is -0.139. The number of nitrogens with zero attached hydrogens (tertiary/aromatic N) is 1. The Hall–Kier alpha value is -1.50. The maximum absolute atomic E-state index is 10.4. The molecule has 54 valence electrons. The molecule has 0 heterocycles. The standard InChI is InChI=1S/C6H7NO3/c1-5(4-7)10-6(9)2-3-8/h2-3,5,8H,1H3/b3-2-. The van der Waals surface area contributed by atoms with Gasteiger partial charge in [0.15, 0.2) is 6.10 Å². The monoisotopic (exact) mass is 141 g/mol. The van der Waals surface area contributed by atoms with Gasteiger partial charge in [-0.25, -0.2) is 4.79 Å². The summed E-state index contributed by atoms with van der Waals surface area (Å²) in [6, 6.07) is 1.70. The average Bonchev–Trinajstić information content (AvgIpc) is 1.88. The number of rotatable bonds is 2. The van der Waals surface area contributed by atoms with Crippen LogP contribution in [0.1, 0.15) is 6.92 Å². The number of carbonyl (C=O) groups excluding carboxylic acids is 1. The number of hydrogen-bond donors (Lipinski definition) is 1. The van der Waals surface area contributed by atoms with Crippen molar-refractivity contribution < 1.29 is 14.6 Å². The van der Waals surface area contributed by atoms with E-state index in [4.69, 9.17) is 10.4 Å². The summed E-state index contributed by atoms with van der Waals surface area (Å²) < 4.78 is 4.39. The molecule has 0 saturated carbocycles. The first kappa shape index (κ1) is 8.50. The molecule has 4 heteroatoms. The molecule has 1 N–H and O–H groups in total. The Balaban J connectivity index is 3.71. The zero-order chi connectivity index (χ0) is 7.98. The van der Waals surface area contributed by atoms with E-state index in [1.165, 1.54) is 6.92 Å². The molecule has 0 saturated heterocycles. The number of esters is 1. The summed E-state index contributed by atoms with van der Waals surface area (Å²) in [5.41, 5.74) is 0. The van der Waals surface area contributed by atoms with Gasteiger partial charge in [0.25, 0.3) is 0 Å². The predicted octanol–water partition coefficient (Wildman–Crippen LogP) is 0.513. The molecule has 0 aromatic carbocycles. The van der Waals surface area contributed by atoms with Gasteiger partial charge in [-0.05, 0) is 6.92 Å². The smallest absolute Gasteiger partial charge is 0.335 e. The third kappa shape index (κ3) is 3.50. The van der Waals surface area contributed by atoms with Gasteiger partial charge in [0, 0.05) is 0 Å². The first-order valence-electron chi connectivity index (χ1n) is 2.61. The van der Waals surface area contributed by atoms with Gasteiger partial charge in [-0.1, -0.05) is 0 Å². The molecule has 0 aliphatic carbocycles. The van der Waals surface area contributed by atoms with Crippen LogP contribution >= 0.6 is 0 Å². The second-order valence-corrected chi connectivity index (χ2v) is 1.52. The fourth-order valence-electron chi connectivity index (χ4n) is 0.301. The van der Waals surface area contributed by atoms with Gasteiger partial charge in [0.2, 0.25) is 0 Å². The van der Waals surface area contributed by atoms with Crippen molar-refractivity contribution >= 4 is 5.97 Å². The predicted molar refractivity (Wildman–Crippen MR) is 32.9 cm³/mol. The van der Waals surface area contributed by atoms with Crippen LogP contribution in [0.15, 0.2) is 12.3 Å². The minimum atomic E-state index is -0.774. The molecule has 0 aliphatic rings. The maximum atomic E-state index is 10.4. The third-order valence-corrected chi connectivity index (χ3v) is 0.685. The van der Waals surface area contributed by atoms with Crippen LogP contribution in [0.2, 0.25) is 0 Å². The highest BCUT2D eigenvalue weighted by Gasteiger charge is 2.02. The van der Waals surface area contributed by atoms with Crippen molar-refractivity contribution in [1.82, 2.24) is 0 Å². The number of aliphatic hydroxyl groups excluding tert-OH is 1. The quantitative estimate of drug-likeness (QED) is 0.345. The molecule has 0 aromatic rings. The van der Waals surface area contributed by atoms with Crippen LogP contribution < -0.4 is 0 Å². The molecule has 0 fully saturated rings. The van der Waals surface area contributed by atoms with E-state index in [0.29, 0.717) is 6.26 Å². The van der Waals surface area contributed by atoms with Gasteiger partial charge in [0.05, 0.1) is 12.3 Å². The summed E-state index contributed by atoms with van der Waals surface area (Å²) in [6.45, 7) is 1.43. The van der Waals surface area contributed by atoms with Crippen molar-refractivity contribution in [2.24, 2.45) is 0 Å². The largest absolute Gasteiger partial charge is 0.515 e. The van der Waals surface area contributed by atoms with Gasteiger partial charge < -0.3 is 9.84 Å². The Morgan fingerprint density at radius 3 is 2.90 bits per heavy atom. The highest BCUT2D eigenvalue weighted by molar-refractivity contribution is 5.81. The van der Waals surface area contributed by atoms with Crippen molar-refractivity contribution in [3.8, 4) is 6.07 Å². The van der Waals surface area contributed by atoms with Crippen molar-refractivity contribution in [1.29, 1.82) is 5.26 Å². The van der Waals surface area contributed by atoms with Crippen molar-refractivity contribution in [3.05, 3.63) is 12.3 Å². The zero-order valence-electron chi connectivity index (χ0n) is 5.44. The summed E-state index contributed by atoms with van der Waals surface area (Å²) in [7, 11) is 0. The Morgan fingerprint density at radius 1 is 1.90 bits per heavy atom. The Kier molecular flexibility index (Phi) is 3.73. The molecule has 0 amide bonds. The lowest BCUT2D eigenvalue weighted by atomic mass is 10.4. The molecule has 0 radical (unpaired) electrons. The molecule has 10 heavy (non-hydrogen) atoms. The highest BCUT2D eigenvalue weighted by atomic mass is 16.5. The minimum absolute atomic E-state index is 0.562. The third-order valence-electron chi connectivity index (χ3n) is 0.685. The van der Waals surface area contributed by atoms with Gasteiger partial charge in [-0.2, -0.15) is 5.26 Å². The summed E-state index contributed by atoms with van der Waals surface area (Å²) in [6.07, 6.45) is 0.615. The van der Waals surface area contributed by atoms with Crippen molar-refractivity contribution in [2.75, 3.05) is 0 Å². The molecular formula is C6H7NO3. The second-order valence-electron chi connectivity index (χ2n) is 1.52. The van der Waals surface area contributed by atoms with Crippen LogP contribution in [0.4, 0.5) is 0 Å². The van der Waals surface area contributed by atoms with Crippen LogP contribution in [0.25, 0.3) is 0 Å². The Bertz CT molecular complexity index is 180. The lowest BCUT2D eigenvalue weighted by Crippen LogP contribution is -2.10. The van der Waals surface area contributed by atoms with E-state index in [1.54, 1.807) is 6.07 Å². The van der Waals surface area contributed by atoms with Crippen LogP contribution in [-0.2, 0) is 9.53 Å². The van der Waals surface area contributed by atoms with Crippen LogP contribution in [0.5, 0.6) is 0 Å². The molecule has 0 rings (SSSR count). The van der Waals surface area contributed by atoms with E-state index in [-0.39, 0.29) is 0 Å². The topological polar surface area (TPSA) is 70.3 Å². The molecule has 0 aliphatic heterocycles. The number of carbonyl (C=O) groups is 1. The van der Waals surface area contributed by atoms with E-state index < -0.39 is 12.1 Å². The van der Waals surface area contributed by atoms with E-state index in [2.05, 4.69) is 4.74 Å². The fraction of sp³-hybridized carbons (Fsp3) is 0.333. The van der Waals surface area contributed by atoms with E-state index in [9.17, 15) is 4.79 Å². The van der Waals surface area contributed by atoms with Gasteiger partial charge in [-0.15, -0.1) is 0 Å². The normalized spacial score (nSPS) is 12.4. The molecule has 0 aromatic heterocycles. The summed E-state index contributed by atoms with van der Waals surface area (Å²) >= 11 is 0. The average molecular weight is 141 g/mol. The molecular weight excluding hydrogens is 134 g/mol. The number of hydrogen-bond acceptors (Lipinski definition) is 4. The van der Waals surface area contributed by atoms with Gasteiger partial charge >= 0.3 is 5.97 Å². The first-order chi connectivity index (χ1) is 4.70. The minimum Gasteiger partial charge on any atom is -0.515 e. The van der Waals surface area contributed by atoms with Crippen LogP contribution in [0, 0.1) is 11.3 Å². The highest BCUT2D eigenvalue weighted by Crippen LogP contribution is 1.88. The second kappa shape index (κ2) is 4.39. The van der Waals surface area contributed by atoms with Gasteiger partial charge in [0.1, 0.15) is 6.07 Å². The zero-order valence-corrected chi connectivity index (χ0v) is 5.44. The number of nitriles is 1. The summed E-state index contributed by atoms with van der Waals surface area (Å²) in [5.74, 6) is -0.725. The Morgan fingerprint density at radius 2 is 2.50 bits per heavy atom. The summed E-state index contributed by atoms with van der Waals surface area (Å²) in [5, 5.41) is 16.2. The Labute approximate surface area is 58.3 Å². The molecule has 1 unspecified atom stereocenters. The van der Waals surface area contributed by atoms with E-state index in [1.807, 2.05) is 0 Å². The first-order valence-corrected chi connectivity index (χ1v) is 2.61. The number of aliphatic hydroxyl groups is 1. The molecule has 0 bridgehead atoms. The fourth-order valence-corrected chi connectivity index (χ4v) is 0.301.